The number of halogens is 4. The van der Waals surface area contributed by atoms with Gasteiger partial charge >= 0.3 is 6.18 Å². The van der Waals surface area contributed by atoms with E-state index in [1.165, 1.54) is 31.2 Å². The summed E-state index contributed by atoms with van der Waals surface area (Å²) >= 11 is 0. The predicted molar refractivity (Wildman–Crippen MR) is 86.2 cm³/mol. The number of sulfonamides is 1. The van der Waals surface area contributed by atoms with Gasteiger partial charge in [-0.2, -0.15) is 13.2 Å². The average molecular weight is 390 g/mol. The molecular formula is C16H14F4N2O3S. The van der Waals surface area contributed by atoms with E-state index in [1.54, 1.807) is 0 Å². The Bertz CT molecular complexity index is 910. The Labute approximate surface area is 147 Å². The fraction of sp³-hybridized carbons (Fsp3) is 0.188. The first-order chi connectivity index (χ1) is 12.0. The monoisotopic (exact) mass is 390 g/mol. The summed E-state index contributed by atoms with van der Waals surface area (Å²) in [5.41, 5.74) is -0.979. The maximum absolute atomic E-state index is 13.5. The Morgan fingerprint density at radius 1 is 1.08 bits per heavy atom. The Hall–Kier alpha value is -2.46. The second kappa shape index (κ2) is 7.42. The second-order valence-electron chi connectivity index (χ2n) is 5.34. The summed E-state index contributed by atoms with van der Waals surface area (Å²) in [6.07, 6.45) is -4.82. The number of alkyl halides is 3. The van der Waals surface area contributed by atoms with Gasteiger partial charge in [0.25, 0.3) is 0 Å². The fourth-order valence-electron chi connectivity index (χ4n) is 2.08. The van der Waals surface area contributed by atoms with Crippen molar-refractivity contribution in [1.82, 2.24) is 4.72 Å². The number of carbonyl (C=O) groups excluding carboxylic acids is 1. The van der Waals surface area contributed by atoms with Crippen LogP contribution in [0.1, 0.15) is 18.1 Å². The lowest BCUT2D eigenvalue weighted by molar-refractivity contribution is -0.140. The third-order valence-corrected chi connectivity index (χ3v) is 4.71. The van der Waals surface area contributed by atoms with Crippen molar-refractivity contribution < 1.29 is 30.8 Å². The SMILES string of the molecule is CC(=O)Nc1ccc(S(=O)(=O)NCc2ccc(C(F)(F)F)c(F)c2)cc1. The topological polar surface area (TPSA) is 75.3 Å². The minimum absolute atomic E-state index is 0.0361. The lowest BCUT2D eigenvalue weighted by Gasteiger charge is -2.11. The number of hydrogen-bond acceptors (Lipinski definition) is 3. The van der Waals surface area contributed by atoms with E-state index in [9.17, 15) is 30.8 Å². The van der Waals surface area contributed by atoms with Gasteiger partial charge in [-0.1, -0.05) is 6.07 Å². The normalized spacial score (nSPS) is 12.0. The van der Waals surface area contributed by atoms with Gasteiger partial charge in [0.05, 0.1) is 10.5 Å². The number of anilines is 1. The van der Waals surface area contributed by atoms with E-state index < -0.39 is 27.6 Å². The number of amides is 1. The second-order valence-corrected chi connectivity index (χ2v) is 7.11. The molecule has 0 atom stereocenters. The molecule has 0 aliphatic rings. The van der Waals surface area contributed by atoms with Crippen LogP contribution in [0.3, 0.4) is 0 Å². The van der Waals surface area contributed by atoms with E-state index in [-0.39, 0.29) is 22.9 Å². The summed E-state index contributed by atoms with van der Waals surface area (Å²) in [6, 6.07) is 7.45. The van der Waals surface area contributed by atoms with Crippen LogP contribution in [-0.2, 0) is 27.5 Å². The number of benzene rings is 2. The zero-order valence-electron chi connectivity index (χ0n) is 13.4. The summed E-state index contributed by atoms with van der Waals surface area (Å²) in [5.74, 6) is -1.79. The van der Waals surface area contributed by atoms with Crippen molar-refractivity contribution in [3.63, 3.8) is 0 Å². The first-order valence-corrected chi connectivity index (χ1v) is 8.70. The van der Waals surface area contributed by atoms with Gasteiger partial charge in [-0.25, -0.2) is 17.5 Å². The molecule has 0 saturated heterocycles. The Kier molecular flexibility index (Phi) is 5.67. The van der Waals surface area contributed by atoms with Crippen LogP contribution >= 0.6 is 0 Å². The van der Waals surface area contributed by atoms with Crippen molar-refractivity contribution in [1.29, 1.82) is 0 Å². The maximum Gasteiger partial charge on any atom is 0.419 e. The molecule has 2 aromatic carbocycles. The zero-order valence-corrected chi connectivity index (χ0v) is 14.2. The standard InChI is InChI=1S/C16H14F4N2O3S/c1-10(23)22-12-3-5-13(6-4-12)26(24,25)21-9-11-2-7-14(15(17)8-11)16(18,19)20/h2-8,21H,9H2,1H3,(H,22,23). The van der Waals surface area contributed by atoms with Crippen molar-refractivity contribution in [2.75, 3.05) is 5.32 Å². The molecule has 0 fully saturated rings. The number of nitrogens with one attached hydrogen (secondary N) is 2. The van der Waals surface area contributed by atoms with E-state index in [0.29, 0.717) is 17.8 Å². The molecular weight excluding hydrogens is 376 g/mol. The van der Waals surface area contributed by atoms with Crippen molar-refractivity contribution in [2.45, 2.75) is 24.5 Å². The minimum Gasteiger partial charge on any atom is -0.326 e. The molecule has 26 heavy (non-hydrogen) atoms. The van der Waals surface area contributed by atoms with Gasteiger partial charge in [-0.15, -0.1) is 0 Å². The Morgan fingerprint density at radius 2 is 1.69 bits per heavy atom. The van der Waals surface area contributed by atoms with E-state index in [4.69, 9.17) is 0 Å². The number of rotatable bonds is 5. The minimum atomic E-state index is -4.82. The van der Waals surface area contributed by atoms with Gasteiger partial charge in [0.15, 0.2) is 0 Å². The van der Waals surface area contributed by atoms with Gasteiger partial charge < -0.3 is 5.32 Å². The van der Waals surface area contributed by atoms with Gasteiger partial charge in [-0.05, 0) is 42.0 Å². The molecule has 0 heterocycles. The summed E-state index contributed by atoms with van der Waals surface area (Å²) in [7, 11) is -3.96. The highest BCUT2D eigenvalue weighted by Gasteiger charge is 2.33. The number of carbonyl (C=O) groups is 1. The lowest BCUT2D eigenvalue weighted by Crippen LogP contribution is -2.23. The van der Waals surface area contributed by atoms with Crippen LogP contribution in [-0.4, -0.2) is 14.3 Å². The summed E-state index contributed by atoms with van der Waals surface area (Å²) in [5, 5.41) is 2.48. The van der Waals surface area contributed by atoms with Crippen LogP contribution in [0.2, 0.25) is 0 Å². The van der Waals surface area contributed by atoms with Crippen LogP contribution in [0.5, 0.6) is 0 Å². The molecule has 2 N–H and O–H groups in total. The molecule has 0 aromatic heterocycles. The molecule has 0 aliphatic heterocycles. The van der Waals surface area contributed by atoms with E-state index >= 15 is 0 Å². The third kappa shape index (κ3) is 5.02. The molecule has 1 amide bonds. The first kappa shape index (κ1) is 19.9. The molecule has 0 unspecified atom stereocenters. The molecule has 0 saturated carbocycles. The molecule has 0 bridgehead atoms. The fourth-order valence-corrected chi connectivity index (χ4v) is 3.10. The highest BCUT2D eigenvalue weighted by atomic mass is 32.2. The van der Waals surface area contributed by atoms with Crippen LogP contribution < -0.4 is 10.0 Å². The van der Waals surface area contributed by atoms with Crippen molar-refractivity contribution >= 4 is 21.6 Å². The largest absolute Gasteiger partial charge is 0.419 e. The summed E-state index contributed by atoms with van der Waals surface area (Å²) in [6.45, 7) is 0.917. The van der Waals surface area contributed by atoms with Crippen LogP contribution in [0.4, 0.5) is 23.2 Å². The Morgan fingerprint density at radius 3 is 2.19 bits per heavy atom. The molecule has 2 aromatic rings. The van der Waals surface area contributed by atoms with E-state index in [0.717, 1.165) is 6.07 Å². The van der Waals surface area contributed by atoms with Gasteiger partial charge in [-0.3, -0.25) is 4.79 Å². The lowest BCUT2D eigenvalue weighted by atomic mass is 10.1. The van der Waals surface area contributed by atoms with Gasteiger partial charge in [0, 0.05) is 19.2 Å². The van der Waals surface area contributed by atoms with Crippen LogP contribution in [0, 0.1) is 5.82 Å². The molecule has 2 rings (SSSR count). The molecule has 140 valence electrons. The molecule has 0 aliphatic carbocycles. The van der Waals surface area contributed by atoms with Crippen molar-refractivity contribution in [3.05, 3.63) is 59.4 Å². The third-order valence-electron chi connectivity index (χ3n) is 3.29. The molecule has 0 radical (unpaired) electrons. The Balaban J connectivity index is 2.10. The quantitative estimate of drug-likeness (QED) is 0.770. The zero-order chi connectivity index (χ0) is 19.5. The van der Waals surface area contributed by atoms with Crippen LogP contribution in [0.15, 0.2) is 47.4 Å². The van der Waals surface area contributed by atoms with E-state index in [1.807, 2.05) is 0 Å². The van der Waals surface area contributed by atoms with Crippen molar-refractivity contribution in [2.24, 2.45) is 0 Å². The maximum atomic E-state index is 13.5. The summed E-state index contributed by atoms with van der Waals surface area (Å²) < 4.78 is 77.6. The van der Waals surface area contributed by atoms with Crippen molar-refractivity contribution in [3.8, 4) is 0 Å². The highest BCUT2D eigenvalue weighted by molar-refractivity contribution is 7.89. The van der Waals surface area contributed by atoms with Crippen LogP contribution in [0.25, 0.3) is 0 Å². The molecule has 0 spiro atoms. The number of hydrogen-bond donors (Lipinski definition) is 2. The predicted octanol–water partition coefficient (Wildman–Crippen LogP) is 3.28. The molecule has 10 heteroatoms. The van der Waals surface area contributed by atoms with Gasteiger partial charge in [0.2, 0.25) is 15.9 Å². The highest BCUT2D eigenvalue weighted by Crippen LogP contribution is 2.31. The van der Waals surface area contributed by atoms with Gasteiger partial charge in [0.1, 0.15) is 5.82 Å². The van der Waals surface area contributed by atoms with E-state index in [2.05, 4.69) is 10.0 Å². The smallest absolute Gasteiger partial charge is 0.326 e. The average Bonchev–Trinajstić information content (AvgIpc) is 2.52. The first-order valence-electron chi connectivity index (χ1n) is 7.22. The molecule has 5 nitrogen and oxygen atoms in total. The summed E-state index contributed by atoms with van der Waals surface area (Å²) in [4.78, 5) is 10.8.